The lowest BCUT2D eigenvalue weighted by Gasteiger charge is -2.34. The molecule has 0 unspecified atom stereocenters. The van der Waals surface area contributed by atoms with Crippen LogP contribution in [0.5, 0.6) is 0 Å². The lowest BCUT2D eigenvalue weighted by Crippen LogP contribution is -2.57. The molecule has 1 N–H and O–H groups in total. The van der Waals surface area contributed by atoms with Gasteiger partial charge < -0.3 is 5.11 Å². The fourth-order valence-electron chi connectivity index (χ4n) is 2.55. The first-order chi connectivity index (χ1) is 11.7. The highest BCUT2D eigenvalue weighted by Crippen LogP contribution is 2.41. The molecule has 0 bridgehead atoms. The van der Waals surface area contributed by atoms with Gasteiger partial charge in [0.25, 0.3) is 5.72 Å². The third kappa shape index (κ3) is 3.55. The second-order valence-electron chi connectivity index (χ2n) is 6.23. The highest BCUT2D eigenvalue weighted by molar-refractivity contribution is 5.89. The molecule has 0 spiro atoms. The monoisotopic (exact) mass is 386 g/mol. The Balaban J connectivity index is 2.24. The molecular weight excluding hydrogens is 370 g/mol. The van der Waals surface area contributed by atoms with Crippen molar-refractivity contribution in [3.8, 4) is 0 Å². The van der Waals surface area contributed by atoms with E-state index in [1.165, 1.54) is 20.8 Å². The second-order valence-corrected chi connectivity index (χ2v) is 6.23. The third-order valence-corrected chi connectivity index (χ3v) is 3.93. The first-order valence-corrected chi connectivity index (χ1v) is 7.45. The molecule has 2 rings (SSSR count). The van der Waals surface area contributed by atoms with E-state index in [-0.39, 0.29) is 16.4 Å². The van der Waals surface area contributed by atoms with E-state index in [9.17, 15) is 36.2 Å². The van der Waals surface area contributed by atoms with Gasteiger partial charge in [-0.05, 0) is 19.9 Å². The summed E-state index contributed by atoms with van der Waals surface area (Å²) in [6.45, 7) is 3.36. The molecule has 1 aliphatic rings. The maximum Gasteiger partial charge on any atom is 0.438 e. The van der Waals surface area contributed by atoms with Gasteiger partial charge >= 0.3 is 12.4 Å². The molecule has 0 saturated carbocycles. The number of rotatable bonds is 3. The Morgan fingerprint density at radius 1 is 1.31 bits per heavy atom. The third-order valence-electron chi connectivity index (χ3n) is 3.93. The Morgan fingerprint density at radius 3 is 2.35 bits per heavy atom. The fourth-order valence-corrected chi connectivity index (χ4v) is 2.55. The maximum atomic E-state index is 13.2. The number of carbonyl (C=O) groups excluding carboxylic acids is 1. The molecule has 2 atom stereocenters. The summed E-state index contributed by atoms with van der Waals surface area (Å²) in [5, 5.41) is 16.6. The summed E-state index contributed by atoms with van der Waals surface area (Å²) in [4.78, 5) is 12.4. The molecule has 2 heterocycles. The number of aryl methyl sites for hydroxylation is 1. The minimum absolute atomic E-state index is 0.0451. The van der Waals surface area contributed by atoms with Crippen molar-refractivity contribution in [2.75, 3.05) is 0 Å². The van der Waals surface area contributed by atoms with Crippen LogP contribution in [-0.4, -0.2) is 43.4 Å². The van der Waals surface area contributed by atoms with Crippen LogP contribution in [0, 0.1) is 12.8 Å². The van der Waals surface area contributed by atoms with Crippen LogP contribution in [0.3, 0.4) is 0 Å². The summed E-state index contributed by atoms with van der Waals surface area (Å²) in [7, 11) is 0. The standard InChI is InChI=1S/C14H16F6N4O2/c1-7(6-23-9(3)4-10(22-23)13(15,16)17)11(25)24-12(26,14(18,19)20)5-8(2)21-24/h4,7,26H,5-6H2,1-3H3/t7-,12+/m1/s1. The van der Waals surface area contributed by atoms with Crippen LogP contribution in [0.1, 0.15) is 31.7 Å². The van der Waals surface area contributed by atoms with Crippen LogP contribution in [0.25, 0.3) is 0 Å². The van der Waals surface area contributed by atoms with Gasteiger partial charge in [0, 0.05) is 17.8 Å². The molecule has 0 aromatic carbocycles. The quantitative estimate of drug-likeness (QED) is 0.812. The van der Waals surface area contributed by atoms with Crippen molar-refractivity contribution in [2.24, 2.45) is 11.0 Å². The summed E-state index contributed by atoms with van der Waals surface area (Å²) >= 11 is 0. The molecule has 26 heavy (non-hydrogen) atoms. The number of halogens is 6. The number of hydrazone groups is 1. The lowest BCUT2D eigenvalue weighted by molar-refractivity contribution is -0.303. The van der Waals surface area contributed by atoms with Gasteiger partial charge in [-0.3, -0.25) is 9.48 Å². The summed E-state index contributed by atoms with van der Waals surface area (Å²) in [5.74, 6) is -2.39. The van der Waals surface area contributed by atoms with Crippen molar-refractivity contribution in [1.29, 1.82) is 0 Å². The van der Waals surface area contributed by atoms with E-state index >= 15 is 0 Å². The van der Waals surface area contributed by atoms with Crippen molar-refractivity contribution in [2.45, 2.75) is 51.8 Å². The molecule has 1 amide bonds. The van der Waals surface area contributed by atoms with Crippen molar-refractivity contribution >= 4 is 11.6 Å². The Bertz CT molecular complexity index is 739. The first kappa shape index (κ1) is 20.2. The molecule has 0 radical (unpaired) electrons. The molecule has 146 valence electrons. The van der Waals surface area contributed by atoms with E-state index in [0.717, 1.165) is 10.7 Å². The van der Waals surface area contributed by atoms with E-state index in [0.29, 0.717) is 0 Å². The van der Waals surface area contributed by atoms with Crippen molar-refractivity contribution in [3.63, 3.8) is 0 Å². The van der Waals surface area contributed by atoms with Crippen LogP contribution in [0.15, 0.2) is 11.2 Å². The average molecular weight is 386 g/mol. The minimum atomic E-state index is -5.14. The highest BCUT2D eigenvalue weighted by Gasteiger charge is 2.63. The number of carbonyl (C=O) groups is 1. The zero-order valence-corrected chi connectivity index (χ0v) is 14.0. The van der Waals surface area contributed by atoms with Gasteiger partial charge in [0.05, 0.1) is 12.5 Å². The summed E-state index contributed by atoms with van der Waals surface area (Å²) in [6, 6.07) is 0.765. The molecule has 1 aromatic heterocycles. The minimum Gasteiger partial charge on any atom is -0.362 e. The Labute approximate surface area is 144 Å². The average Bonchev–Trinajstić information content (AvgIpc) is 2.98. The maximum absolute atomic E-state index is 13.2. The Morgan fingerprint density at radius 2 is 1.88 bits per heavy atom. The van der Waals surface area contributed by atoms with Gasteiger partial charge in [0.1, 0.15) is 0 Å². The topological polar surface area (TPSA) is 70.7 Å². The highest BCUT2D eigenvalue weighted by atomic mass is 19.4. The van der Waals surface area contributed by atoms with E-state index in [1.54, 1.807) is 0 Å². The molecule has 0 fully saturated rings. The zero-order chi connectivity index (χ0) is 20.1. The van der Waals surface area contributed by atoms with Gasteiger partial charge in [-0.25, -0.2) is 0 Å². The SMILES string of the molecule is CC1=NN(C(=O)[C@H](C)Cn2nc(C(F)(F)F)cc2C)[C@@](O)(C(F)(F)F)C1. The first-order valence-electron chi connectivity index (χ1n) is 7.45. The Hall–Kier alpha value is -2.11. The molecule has 0 saturated heterocycles. The molecule has 12 heteroatoms. The van der Waals surface area contributed by atoms with Crippen LogP contribution in [0.2, 0.25) is 0 Å². The van der Waals surface area contributed by atoms with E-state index in [1.807, 2.05) is 0 Å². The number of nitrogens with zero attached hydrogens (tertiary/aromatic N) is 4. The molecule has 1 aliphatic heterocycles. The Kier molecular flexibility index (Phi) is 4.86. The second kappa shape index (κ2) is 6.25. The fraction of sp³-hybridized carbons (Fsp3) is 0.643. The van der Waals surface area contributed by atoms with E-state index < -0.39 is 48.6 Å². The van der Waals surface area contributed by atoms with Crippen molar-refractivity contribution < 1.29 is 36.2 Å². The number of alkyl halides is 6. The van der Waals surface area contributed by atoms with Crippen LogP contribution < -0.4 is 0 Å². The largest absolute Gasteiger partial charge is 0.438 e. The molecule has 6 nitrogen and oxygen atoms in total. The van der Waals surface area contributed by atoms with Gasteiger partial charge in [-0.1, -0.05) is 6.92 Å². The summed E-state index contributed by atoms with van der Waals surface area (Å²) < 4.78 is 78.4. The number of hydrogen-bond donors (Lipinski definition) is 1. The summed E-state index contributed by atoms with van der Waals surface area (Å²) in [6.07, 6.45) is -10.7. The smallest absolute Gasteiger partial charge is 0.362 e. The van der Waals surface area contributed by atoms with Crippen molar-refractivity contribution in [3.05, 3.63) is 17.5 Å². The number of amides is 1. The van der Waals surface area contributed by atoms with Crippen molar-refractivity contribution in [1.82, 2.24) is 14.8 Å². The van der Waals surface area contributed by atoms with Crippen LogP contribution in [-0.2, 0) is 17.5 Å². The van der Waals surface area contributed by atoms with E-state index in [4.69, 9.17) is 0 Å². The number of aliphatic hydroxyl groups is 1. The molecular formula is C14H16F6N4O2. The van der Waals surface area contributed by atoms with Gasteiger partial charge in [-0.2, -0.15) is 41.6 Å². The zero-order valence-electron chi connectivity index (χ0n) is 14.0. The predicted octanol–water partition coefficient (Wildman–Crippen LogP) is 2.71. The normalized spacial score (nSPS) is 22.5. The summed E-state index contributed by atoms with van der Waals surface area (Å²) in [5.41, 5.74) is -4.65. The molecule has 1 aromatic rings. The van der Waals surface area contributed by atoms with E-state index in [2.05, 4.69) is 10.2 Å². The number of aromatic nitrogens is 2. The van der Waals surface area contributed by atoms with Crippen LogP contribution in [0.4, 0.5) is 26.3 Å². The number of hydrogen-bond acceptors (Lipinski definition) is 4. The van der Waals surface area contributed by atoms with Gasteiger partial charge in [0.15, 0.2) is 5.69 Å². The van der Waals surface area contributed by atoms with Gasteiger partial charge in [-0.15, -0.1) is 0 Å². The lowest BCUT2D eigenvalue weighted by atomic mass is 10.0. The van der Waals surface area contributed by atoms with Crippen LogP contribution >= 0.6 is 0 Å². The predicted molar refractivity (Wildman–Crippen MR) is 76.7 cm³/mol. The molecule has 0 aliphatic carbocycles. The van der Waals surface area contributed by atoms with Gasteiger partial charge in [0.2, 0.25) is 5.91 Å².